The Morgan fingerprint density at radius 1 is 1.00 bits per heavy atom. The van der Waals surface area contributed by atoms with Gasteiger partial charge in [0.1, 0.15) is 0 Å². The van der Waals surface area contributed by atoms with Gasteiger partial charge < -0.3 is 24.8 Å². The summed E-state index contributed by atoms with van der Waals surface area (Å²) in [6.07, 6.45) is 3.75. The van der Waals surface area contributed by atoms with E-state index < -0.39 is 5.41 Å². The third-order valence-electron chi connectivity index (χ3n) is 7.58. The van der Waals surface area contributed by atoms with Gasteiger partial charge in [-0.05, 0) is 91.3 Å². The Bertz CT molecular complexity index is 1350. The molecule has 7 nitrogen and oxygen atoms in total. The lowest BCUT2D eigenvalue weighted by Gasteiger charge is -2.17. The van der Waals surface area contributed by atoms with Gasteiger partial charge in [0.15, 0.2) is 11.5 Å². The molecule has 3 aromatic rings. The van der Waals surface area contributed by atoms with Crippen molar-refractivity contribution in [1.82, 2.24) is 5.32 Å². The quantitative estimate of drug-likeness (QED) is 0.465. The predicted octanol–water partition coefficient (Wildman–Crippen LogP) is 5.22. The highest BCUT2D eigenvalue weighted by molar-refractivity contribution is 6.02. The highest BCUT2D eigenvalue weighted by Gasteiger charge is 2.51. The third-order valence-corrected chi connectivity index (χ3v) is 7.58. The molecule has 0 unspecified atom stereocenters. The number of hydrogen-bond acceptors (Lipinski definition) is 5. The van der Waals surface area contributed by atoms with Crippen LogP contribution in [0.2, 0.25) is 0 Å². The summed E-state index contributed by atoms with van der Waals surface area (Å²) >= 11 is 0. The Labute approximate surface area is 217 Å². The number of benzene rings is 3. The second kappa shape index (κ2) is 9.56. The number of carbonyl (C=O) groups excluding carboxylic acids is 2. The van der Waals surface area contributed by atoms with Crippen LogP contribution in [0, 0.1) is 6.92 Å². The molecular weight excluding hydrogens is 468 g/mol. The molecule has 3 aliphatic rings. The molecule has 2 aliphatic heterocycles. The van der Waals surface area contributed by atoms with E-state index in [4.69, 9.17) is 14.2 Å². The van der Waals surface area contributed by atoms with Crippen LogP contribution in [-0.4, -0.2) is 37.9 Å². The van der Waals surface area contributed by atoms with E-state index in [1.807, 2.05) is 67.6 Å². The Kier molecular flexibility index (Phi) is 6.08. The van der Waals surface area contributed by atoms with Crippen LogP contribution in [0.4, 0.5) is 5.69 Å². The third kappa shape index (κ3) is 4.67. The van der Waals surface area contributed by atoms with Crippen LogP contribution >= 0.6 is 0 Å². The molecular formula is C30H32N2O5. The van der Waals surface area contributed by atoms with Crippen molar-refractivity contribution in [2.45, 2.75) is 44.1 Å². The fourth-order valence-corrected chi connectivity index (χ4v) is 5.14. The Morgan fingerprint density at radius 2 is 1.81 bits per heavy atom. The largest absolute Gasteiger partial charge is 0.454 e. The molecule has 0 aromatic heterocycles. The van der Waals surface area contributed by atoms with Gasteiger partial charge in [-0.2, -0.15) is 0 Å². The van der Waals surface area contributed by atoms with E-state index in [0.29, 0.717) is 17.9 Å². The number of anilines is 1. The second-order valence-electron chi connectivity index (χ2n) is 10.1. The van der Waals surface area contributed by atoms with E-state index in [2.05, 4.69) is 10.6 Å². The number of aryl methyl sites for hydroxylation is 1. The SMILES string of the molecule is Cc1ccc(NC(=O)C2(c3ccc4c(c3)OCO4)CC2)cc1-c1ccc(C(=O)NC[C@H]2CCCO2)cc1.[HH]. The number of hydrogen-bond donors (Lipinski definition) is 2. The van der Waals surface area contributed by atoms with Gasteiger partial charge in [0, 0.05) is 25.8 Å². The molecule has 0 radical (unpaired) electrons. The van der Waals surface area contributed by atoms with E-state index >= 15 is 0 Å². The zero-order valence-corrected chi connectivity index (χ0v) is 20.8. The average Bonchev–Trinajstić information content (AvgIpc) is 3.32. The van der Waals surface area contributed by atoms with E-state index in [1.165, 1.54) is 0 Å². The molecule has 1 atom stereocenters. The summed E-state index contributed by atoms with van der Waals surface area (Å²) in [5.41, 5.74) is 4.86. The smallest absolute Gasteiger partial charge is 0.251 e. The summed E-state index contributed by atoms with van der Waals surface area (Å²) in [7, 11) is 0. The van der Waals surface area contributed by atoms with Gasteiger partial charge >= 0.3 is 0 Å². The monoisotopic (exact) mass is 500 g/mol. The molecule has 3 aromatic carbocycles. The number of carbonyl (C=O) groups is 2. The molecule has 37 heavy (non-hydrogen) atoms. The second-order valence-corrected chi connectivity index (χ2v) is 10.1. The van der Waals surface area contributed by atoms with Gasteiger partial charge in [0.25, 0.3) is 5.91 Å². The van der Waals surface area contributed by atoms with Crippen LogP contribution in [0.5, 0.6) is 11.5 Å². The molecule has 2 N–H and O–H groups in total. The minimum Gasteiger partial charge on any atom is -0.454 e. The van der Waals surface area contributed by atoms with Crippen molar-refractivity contribution in [3.05, 3.63) is 77.4 Å². The summed E-state index contributed by atoms with van der Waals surface area (Å²) in [6, 6.07) is 19.3. The lowest BCUT2D eigenvalue weighted by atomic mass is 9.94. The first-order chi connectivity index (χ1) is 18.0. The Balaban J connectivity index is 0.00000294. The summed E-state index contributed by atoms with van der Waals surface area (Å²) in [5.74, 6) is 1.30. The standard InChI is InChI=1S/C30H30N2O5.H2/c1-19-4-10-23(32-29(34)30(12-13-30)22-9-11-26-27(15-22)37-18-36-26)16-25(19)20-5-7-21(8-6-20)28(33)31-17-24-3-2-14-35-24;/h4-11,15-16,24H,2-3,12-14,17-18H2,1H3,(H,31,33)(H,32,34);1H/t24-;/m1./s1. The maximum Gasteiger partial charge on any atom is 0.251 e. The van der Waals surface area contributed by atoms with Gasteiger partial charge in [0.05, 0.1) is 11.5 Å². The molecule has 2 heterocycles. The molecule has 1 aliphatic carbocycles. The number of fused-ring (bicyclic) bond motifs is 1. The van der Waals surface area contributed by atoms with Crippen LogP contribution in [0.3, 0.4) is 0 Å². The van der Waals surface area contributed by atoms with Crippen molar-refractivity contribution < 1.29 is 25.2 Å². The van der Waals surface area contributed by atoms with Gasteiger partial charge in [-0.3, -0.25) is 9.59 Å². The normalized spacial score (nSPS) is 18.9. The minimum absolute atomic E-state index is 0. The van der Waals surface area contributed by atoms with E-state index in [9.17, 15) is 9.59 Å². The van der Waals surface area contributed by atoms with E-state index in [1.54, 1.807) is 0 Å². The highest BCUT2D eigenvalue weighted by atomic mass is 16.7. The zero-order valence-electron chi connectivity index (χ0n) is 20.8. The Morgan fingerprint density at radius 3 is 2.57 bits per heavy atom. The fourth-order valence-electron chi connectivity index (χ4n) is 5.14. The van der Waals surface area contributed by atoms with Crippen molar-refractivity contribution in [1.29, 1.82) is 0 Å². The minimum atomic E-state index is -0.537. The molecule has 6 rings (SSSR count). The molecule has 0 spiro atoms. The summed E-state index contributed by atoms with van der Waals surface area (Å²) in [6.45, 7) is 3.56. The fraction of sp³-hybridized carbons (Fsp3) is 0.333. The number of nitrogens with one attached hydrogen (secondary N) is 2. The molecule has 192 valence electrons. The van der Waals surface area contributed by atoms with Gasteiger partial charge in [-0.25, -0.2) is 0 Å². The zero-order chi connectivity index (χ0) is 25.4. The molecule has 2 fully saturated rings. The van der Waals surface area contributed by atoms with E-state index in [0.717, 1.165) is 66.0 Å². The molecule has 2 amide bonds. The van der Waals surface area contributed by atoms with Crippen LogP contribution in [0.1, 0.15) is 48.6 Å². The highest BCUT2D eigenvalue weighted by Crippen LogP contribution is 2.51. The van der Waals surface area contributed by atoms with Crippen molar-refractivity contribution in [2.24, 2.45) is 0 Å². The topological polar surface area (TPSA) is 85.9 Å². The summed E-state index contributed by atoms with van der Waals surface area (Å²) in [5, 5.41) is 6.10. The number of rotatable bonds is 7. The lowest BCUT2D eigenvalue weighted by Crippen LogP contribution is -2.31. The van der Waals surface area contributed by atoms with Crippen LogP contribution < -0.4 is 20.1 Å². The van der Waals surface area contributed by atoms with Crippen molar-refractivity contribution in [2.75, 3.05) is 25.3 Å². The van der Waals surface area contributed by atoms with Gasteiger partial charge in [-0.15, -0.1) is 0 Å². The Hall–Kier alpha value is -3.84. The maximum absolute atomic E-state index is 13.4. The van der Waals surface area contributed by atoms with Crippen LogP contribution in [-0.2, 0) is 14.9 Å². The first kappa shape index (κ1) is 23.6. The van der Waals surface area contributed by atoms with Crippen molar-refractivity contribution >= 4 is 17.5 Å². The molecule has 1 saturated heterocycles. The average molecular weight is 501 g/mol. The van der Waals surface area contributed by atoms with Crippen LogP contribution in [0.25, 0.3) is 11.1 Å². The number of ether oxygens (including phenoxy) is 3. The molecule has 0 bridgehead atoms. The first-order valence-electron chi connectivity index (χ1n) is 12.8. The molecule has 7 heteroatoms. The van der Waals surface area contributed by atoms with Gasteiger partial charge in [-0.1, -0.05) is 24.3 Å². The first-order valence-corrected chi connectivity index (χ1v) is 12.8. The summed E-state index contributed by atoms with van der Waals surface area (Å²) in [4.78, 5) is 25.9. The van der Waals surface area contributed by atoms with Crippen molar-refractivity contribution in [3.8, 4) is 22.6 Å². The maximum atomic E-state index is 13.4. The van der Waals surface area contributed by atoms with Crippen LogP contribution in [0.15, 0.2) is 60.7 Å². The predicted molar refractivity (Wildman–Crippen MR) is 142 cm³/mol. The van der Waals surface area contributed by atoms with Gasteiger partial charge in [0.2, 0.25) is 12.7 Å². The lowest BCUT2D eigenvalue weighted by molar-refractivity contribution is -0.118. The van der Waals surface area contributed by atoms with E-state index in [-0.39, 0.29) is 26.1 Å². The number of amides is 2. The summed E-state index contributed by atoms with van der Waals surface area (Å²) < 4.78 is 16.5. The van der Waals surface area contributed by atoms with Crippen molar-refractivity contribution in [3.63, 3.8) is 0 Å². The molecule has 1 saturated carbocycles.